The number of aromatic amines is 2. The van der Waals surface area contributed by atoms with Crippen LogP contribution in [0.25, 0.3) is 11.2 Å². The first-order valence-electron chi connectivity index (χ1n) is 2.88. The molecule has 2 aromatic rings. The molecule has 0 aliphatic carbocycles. The van der Waals surface area contributed by atoms with Gasteiger partial charge in [-0.2, -0.15) is 0 Å². The second-order valence-electron chi connectivity index (χ2n) is 1.97. The van der Waals surface area contributed by atoms with Crippen LogP contribution >= 0.6 is 0 Å². The van der Waals surface area contributed by atoms with E-state index in [4.69, 9.17) is 0 Å². The van der Waals surface area contributed by atoms with E-state index in [-0.39, 0.29) is 40.3 Å². The van der Waals surface area contributed by atoms with E-state index in [0.29, 0.717) is 11.2 Å². The second kappa shape index (κ2) is 3.53. The molecule has 5 nitrogen and oxygen atoms in total. The maximum absolute atomic E-state index is 11.0. The van der Waals surface area contributed by atoms with Gasteiger partial charge in [0.15, 0.2) is 11.2 Å². The van der Waals surface area contributed by atoms with Gasteiger partial charge in [-0.1, -0.05) is 0 Å². The Balaban J connectivity index is 0.000000720. The van der Waals surface area contributed by atoms with Crippen LogP contribution in [-0.2, 0) is 12.6 Å². The summed E-state index contributed by atoms with van der Waals surface area (Å²) in [6.07, 6.45) is 1.40. The third-order valence-corrected chi connectivity index (χ3v) is 1.47. The largest absolute Gasteiger partial charge is 1.00 e. The monoisotopic (exact) mass is 193 g/mol. The minimum absolute atomic E-state index is 0. The first-order chi connectivity index (χ1) is 5.27. The Morgan fingerprint density at radius 2 is 2.25 bits per heavy atom. The normalized spacial score (nSPS) is 9.67. The molecule has 0 saturated heterocycles. The summed E-state index contributed by atoms with van der Waals surface area (Å²) in [5, 5.41) is 0.162. The number of fused-ring (bicyclic) bond motifs is 1. The van der Waals surface area contributed by atoms with Gasteiger partial charge in [-0.05, 0) is 5.16 Å². The first-order valence-corrected chi connectivity index (χ1v) is 3.28. The minimum atomic E-state index is -0.280. The fourth-order valence-corrected chi connectivity index (χ4v) is 1.00. The Morgan fingerprint density at radius 1 is 1.50 bits per heavy atom. The number of nitrogens with one attached hydrogen (secondary N) is 2. The summed E-state index contributed by atoms with van der Waals surface area (Å²) in [4.78, 5) is 23.7. The molecular formula is C5H3N4NaOS. The third kappa shape index (κ3) is 1.51. The van der Waals surface area contributed by atoms with Gasteiger partial charge in [0.1, 0.15) is 0 Å². The van der Waals surface area contributed by atoms with Crippen LogP contribution in [0.15, 0.2) is 16.3 Å². The molecule has 0 atom stereocenters. The molecule has 56 valence electrons. The van der Waals surface area contributed by atoms with Gasteiger partial charge in [-0.15, -0.1) is 0 Å². The van der Waals surface area contributed by atoms with Gasteiger partial charge in [0.2, 0.25) is 0 Å². The van der Waals surface area contributed by atoms with Crippen LogP contribution in [0.4, 0.5) is 0 Å². The van der Waals surface area contributed by atoms with Crippen molar-refractivity contribution < 1.29 is 29.6 Å². The second-order valence-corrected chi connectivity index (χ2v) is 2.36. The number of nitrogens with zero attached hydrogens (tertiary/aromatic N) is 2. The van der Waals surface area contributed by atoms with Gasteiger partial charge in [0.05, 0.1) is 6.33 Å². The predicted octanol–water partition coefficient (Wildman–Crippen LogP) is -3.44. The number of H-pyrrole nitrogens is 2. The van der Waals surface area contributed by atoms with E-state index in [1.54, 1.807) is 0 Å². The standard InChI is InChI=1S/C5H4N4OS.Na/c10-4-2-3(7-1-6-2)8-5(11)9-4;/h1H,(H3,6,7,8,9,10,11);/q;+1/p-1/i5+1,8+1,9+1;. The minimum Gasteiger partial charge on any atom is -0.742 e. The van der Waals surface area contributed by atoms with Crippen molar-refractivity contribution in [3.63, 3.8) is 0 Å². The molecule has 7 heteroatoms. The SMILES string of the molecule is O=c1[15nH][13c]([S-])[15n]c2nc[nH]c12.[Na+]. The van der Waals surface area contributed by atoms with E-state index in [1.165, 1.54) is 6.33 Å². The van der Waals surface area contributed by atoms with E-state index >= 15 is 0 Å². The Bertz CT molecular complexity index is 450. The summed E-state index contributed by atoms with van der Waals surface area (Å²) in [5.41, 5.74) is 0.440. The molecule has 0 saturated carbocycles. The number of rotatable bonds is 0. The summed E-state index contributed by atoms with van der Waals surface area (Å²) < 4.78 is 0. The van der Waals surface area contributed by atoms with Gasteiger partial charge in [0, 0.05) is 0 Å². The fraction of sp³-hybridized carbons (Fsp3) is 0. The van der Waals surface area contributed by atoms with E-state index in [1.807, 2.05) is 0 Å². The Labute approximate surface area is 94.7 Å². The number of hydrogen-bond acceptors (Lipinski definition) is 4. The summed E-state index contributed by atoms with van der Waals surface area (Å²) in [6, 6.07) is 0. The number of imidazole rings is 1. The van der Waals surface area contributed by atoms with Crippen molar-refractivity contribution in [2.45, 2.75) is 5.16 Å². The van der Waals surface area contributed by atoms with Crippen LogP contribution in [-0.4, -0.2) is 19.9 Å². The maximum Gasteiger partial charge on any atom is 1.00 e. The first kappa shape index (κ1) is 9.66. The third-order valence-electron chi connectivity index (χ3n) is 1.27. The molecule has 0 aliphatic heterocycles. The molecule has 0 fully saturated rings. The Hall–Kier alpha value is -0.430. The molecule has 0 bridgehead atoms. The molecule has 0 spiro atoms. The molecule has 0 amide bonds. The van der Waals surface area contributed by atoms with Crippen LogP contribution in [0.1, 0.15) is 0 Å². The molecular weight excluding hydrogens is 190 g/mol. The van der Waals surface area contributed by atoms with E-state index in [9.17, 15) is 4.79 Å². The molecule has 12 heavy (non-hydrogen) atoms. The molecule has 2 N–H and O–H groups in total. The summed E-state index contributed by atoms with van der Waals surface area (Å²) in [6.45, 7) is 0. The van der Waals surface area contributed by atoms with E-state index < -0.39 is 0 Å². The van der Waals surface area contributed by atoms with Crippen LogP contribution in [0.5, 0.6) is 0 Å². The summed E-state index contributed by atoms with van der Waals surface area (Å²) >= 11 is 4.67. The number of aromatic nitrogens is 4. The summed E-state index contributed by atoms with van der Waals surface area (Å²) in [7, 11) is 0. The molecule has 0 aromatic carbocycles. The van der Waals surface area contributed by atoms with Crippen molar-refractivity contribution in [2.75, 3.05) is 0 Å². The smallest absolute Gasteiger partial charge is 0.742 e. The van der Waals surface area contributed by atoms with Crippen molar-refractivity contribution in [3.05, 3.63) is 16.7 Å². The zero-order valence-corrected chi connectivity index (χ0v) is 9.10. The molecule has 2 aromatic heterocycles. The van der Waals surface area contributed by atoms with Crippen LogP contribution in [0.2, 0.25) is 0 Å². The van der Waals surface area contributed by atoms with Crippen LogP contribution in [0, 0.1) is 0 Å². The molecule has 0 aliphatic rings. The average Bonchev–Trinajstić information content (AvgIpc) is 2.34. The van der Waals surface area contributed by atoms with Crippen molar-refractivity contribution in [1.29, 1.82) is 0 Å². The molecule has 2 rings (SSSR count). The van der Waals surface area contributed by atoms with Crippen molar-refractivity contribution in [3.8, 4) is 0 Å². The van der Waals surface area contributed by atoms with Crippen molar-refractivity contribution >= 4 is 23.8 Å². The zero-order chi connectivity index (χ0) is 7.84. The average molecular weight is 193 g/mol. The zero-order valence-electron chi connectivity index (χ0n) is 6.29. The Morgan fingerprint density at radius 3 is 3.00 bits per heavy atom. The van der Waals surface area contributed by atoms with Crippen molar-refractivity contribution in [1.82, 2.24) is 19.9 Å². The van der Waals surface area contributed by atoms with Gasteiger partial charge in [-0.3, -0.25) is 4.79 Å². The summed E-state index contributed by atoms with van der Waals surface area (Å²) in [5.74, 6) is 0. The predicted molar refractivity (Wildman–Crippen MR) is 40.1 cm³/mol. The molecule has 0 unspecified atom stereocenters. The fourth-order valence-electron chi connectivity index (χ4n) is 0.823. The van der Waals surface area contributed by atoms with Crippen LogP contribution < -0.4 is 35.1 Å². The van der Waals surface area contributed by atoms with Gasteiger partial charge in [-0.25, -0.2) is 9.97 Å². The Kier molecular flexibility index (Phi) is 2.84. The number of hydrogen-bond donors (Lipinski definition) is 2. The topological polar surface area (TPSA) is 74.4 Å². The van der Waals surface area contributed by atoms with E-state index in [2.05, 4.69) is 32.6 Å². The molecule has 2 heterocycles. The van der Waals surface area contributed by atoms with Crippen LogP contribution in [0.3, 0.4) is 0 Å². The van der Waals surface area contributed by atoms with E-state index in [0.717, 1.165) is 0 Å². The van der Waals surface area contributed by atoms with Gasteiger partial charge < -0.3 is 22.6 Å². The van der Waals surface area contributed by atoms with Gasteiger partial charge in [0.25, 0.3) is 5.56 Å². The van der Waals surface area contributed by atoms with Crippen molar-refractivity contribution in [2.24, 2.45) is 0 Å². The quantitative estimate of drug-likeness (QED) is 0.259. The maximum atomic E-state index is 11.0. The molecule has 0 radical (unpaired) electrons. The van der Waals surface area contributed by atoms with Gasteiger partial charge >= 0.3 is 29.6 Å².